The van der Waals surface area contributed by atoms with Crippen LogP contribution in [0, 0.1) is 12.8 Å². The van der Waals surface area contributed by atoms with Gasteiger partial charge in [-0.25, -0.2) is 13.2 Å². The van der Waals surface area contributed by atoms with Crippen molar-refractivity contribution in [2.75, 3.05) is 12.9 Å². The third kappa shape index (κ3) is 5.32. The molecule has 0 saturated heterocycles. The molecule has 0 N–H and O–H groups in total. The van der Waals surface area contributed by atoms with Gasteiger partial charge in [0.1, 0.15) is 5.57 Å². The summed E-state index contributed by atoms with van der Waals surface area (Å²) in [6, 6.07) is 2.52. The van der Waals surface area contributed by atoms with Crippen LogP contribution in [-0.2, 0) is 24.1 Å². The van der Waals surface area contributed by atoms with Crippen LogP contribution >= 0.6 is 0 Å². The van der Waals surface area contributed by atoms with Crippen molar-refractivity contribution in [3.63, 3.8) is 0 Å². The number of ketones is 2. The lowest BCUT2D eigenvalue weighted by atomic mass is 9.93. The summed E-state index contributed by atoms with van der Waals surface area (Å²) in [7, 11) is -3.75. The van der Waals surface area contributed by atoms with Crippen LogP contribution in [0.2, 0.25) is 0 Å². The number of allylic oxidation sites excluding steroid dienone is 1. The molecule has 1 fully saturated rings. The average molecular weight is 422 g/mol. The van der Waals surface area contributed by atoms with Crippen molar-refractivity contribution in [1.29, 1.82) is 0 Å². The zero-order valence-corrected chi connectivity index (χ0v) is 18.1. The number of esters is 1. The van der Waals surface area contributed by atoms with E-state index < -0.39 is 27.7 Å². The highest BCUT2D eigenvalue weighted by Gasteiger charge is 2.36. The molecule has 0 aliphatic heterocycles. The molecule has 0 atom stereocenters. The fourth-order valence-corrected chi connectivity index (χ4v) is 3.79. The van der Waals surface area contributed by atoms with E-state index in [0.717, 1.165) is 12.5 Å². The summed E-state index contributed by atoms with van der Waals surface area (Å²) in [5.74, 6) is -1.95. The highest BCUT2D eigenvalue weighted by molar-refractivity contribution is 7.90. The summed E-state index contributed by atoms with van der Waals surface area (Å²) in [5, 5.41) is 0. The first kappa shape index (κ1) is 22.8. The maximum Gasteiger partial charge on any atom is 0.340 e. The molecular formula is C21H26O7S. The lowest BCUT2D eigenvalue weighted by Gasteiger charge is -2.16. The Balaban J connectivity index is 2.61. The van der Waals surface area contributed by atoms with Gasteiger partial charge in [-0.1, -0.05) is 0 Å². The molecule has 0 heterocycles. The van der Waals surface area contributed by atoms with Crippen molar-refractivity contribution in [2.24, 2.45) is 5.92 Å². The maximum atomic E-state index is 13.1. The fraction of sp³-hybridized carbons (Fsp3) is 0.476. The predicted octanol–water partition coefficient (Wildman–Crippen LogP) is 3.05. The van der Waals surface area contributed by atoms with Gasteiger partial charge in [0, 0.05) is 17.7 Å². The number of hydrogen-bond donors (Lipinski definition) is 0. The van der Waals surface area contributed by atoms with E-state index in [1.807, 2.05) is 0 Å². The topological polar surface area (TPSA) is 104 Å². The summed E-state index contributed by atoms with van der Waals surface area (Å²) < 4.78 is 34.7. The molecular weight excluding hydrogens is 396 g/mol. The number of sulfone groups is 1. The lowest BCUT2D eigenvalue weighted by molar-refractivity contribution is -0.116. The van der Waals surface area contributed by atoms with Crippen molar-refractivity contribution in [1.82, 2.24) is 0 Å². The first-order valence-corrected chi connectivity index (χ1v) is 11.3. The van der Waals surface area contributed by atoms with Crippen molar-refractivity contribution < 1.29 is 32.3 Å². The minimum Gasteiger partial charge on any atom is -0.501 e. The molecule has 1 aromatic rings. The van der Waals surface area contributed by atoms with Crippen LogP contribution in [0.1, 0.15) is 59.9 Å². The summed E-state index contributed by atoms with van der Waals surface area (Å²) in [6.07, 6.45) is 3.09. The highest BCUT2D eigenvalue weighted by Crippen LogP contribution is 2.34. The second kappa shape index (κ2) is 8.90. The van der Waals surface area contributed by atoms with Crippen molar-refractivity contribution in [2.45, 2.75) is 51.5 Å². The molecule has 29 heavy (non-hydrogen) atoms. The molecule has 0 spiro atoms. The summed E-state index contributed by atoms with van der Waals surface area (Å²) in [4.78, 5) is 38.1. The van der Waals surface area contributed by atoms with Gasteiger partial charge in [-0.3, -0.25) is 9.59 Å². The van der Waals surface area contributed by atoms with Crippen LogP contribution in [0.15, 0.2) is 28.9 Å². The third-order valence-corrected chi connectivity index (χ3v) is 5.58. The molecule has 7 nitrogen and oxygen atoms in total. The van der Waals surface area contributed by atoms with E-state index in [9.17, 15) is 22.8 Å². The smallest absolute Gasteiger partial charge is 0.340 e. The Morgan fingerprint density at radius 3 is 2.31 bits per heavy atom. The van der Waals surface area contributed by atoms with Crippen LogP contribution < -0.4 is 0 Å². The quantitative estimate of drug-likeness (QED) is 0.150. The molecule has 1 saturated carbocycles. The van der Waals surface area contributed by atoms with E-state index >= 15 is 0 Å². The molecule has 1 aromatic carbocycles. The molecule has 0 bridgehead atoms. The Labute approximate surface area is 171 Å². The van der Waals surface area contributed by atoms with E-state index in [-0.39, 0.29) is 45.5 Å². The van der Waals surface area contributed by atoms with Gasteiger partial charge in [0.2, 0.25) is 0 Å². The highest BCUT2D eigenvalue weighted by atomic mass is 32.2. The van der Waals surface area contributed by atoms with Crippen LogP contribution in [-0.4, -0.2) is 44.9 Å². The standard InChI is InChI=1S/C21H26O7S/c1-6-27-11-16(19(22)14-7-8-14)20(23)15-9-10-17(29(5,25)26)18(13(15)4)21(24)28-12(2)3/h9-12,14H,6-8H2,1-5H3/b16-11-. The van der Waals surface area contributed by atoms with E-state index in [0.29, 0.717) is 12.8 Å². The molecule has 2 rings (SSSR count). The van der Waals surface area contributed by atoms with Gasteiger partial charge in [-0.2, -0.15) is 0 Å². The van der Waals surface area contributed by atoms with Crippen LogP contribution in [0.5, 0.6) is 0 Å². The van der Waals surface area contributed by atoms with Crippen molar-refractivity contribution in [3.05, 3.63) is 40.7 Å². The van der Waals surface area contributed by atoms with Gasteiger partial charge in [0.15, 0.2) is 21.4 Å². The minimum atomic E-state index is -3.75. The number of Topliss-reactive ketones (excluding diaryl/α,β-unsaturated/α-hetero) is 2. The fourth-order valence-electron chi connectivity index (χ4n) is 2.87. The Bertz CT molecular complexity index is 967. The average Bonchev–Trinajstić information content (AvgIpc) is 3.44. The largest absolute Gasteiger partial charge is 0.501 e. The van der Waals surface area contributed by atoms with Crippen LogP contribution in [0.4, 0.5) is 0 Å². The Hall–Kier alpha value is -2.48. The van der Waals surface area contributed by atoms with Gasteiger partial charge >= 0.3 is 5.97 Å². The second-order valence-electron chi connectivity index (χ2n) is 7.29. The molecule has 158 valence electrons. The zero-order valence-electron chi connectivity index (χ0n) is 17.3. The first-order valence-electron chi connectivity index (χ1n) is 9.44. The summed E-state index contributed by atoms with van der Waals surface area (Å²) in [6.45, 7) is 6.76. The van der Waals surface area contributed by atoms with Crippen LogP contribution in [0.3, 0.4) is 0 Å². The molecule has 1 aliphatic rings. The summed E-state index contributed by atoms with van der Waals surface area (Å²) >= 11 is 0. The Morgan fingerprint density at radius 2 is 1.83 bits per heavy atom. The zero-order chi connectivity index (χ0) is 21.9. The molecule has 0 radical (unpaired) electrons. The normalized spacial score (nSPS) is 14.6. The maximum absolute atomic E-state index is 13.1. The Kier molecular flexibility index (Phi) is 7.00. The number of ether oxygens (including phenoxy) is 2. The van der Waals surface area contributed by atoms with Gasteiger partial charge < -0.3 is 9.47 Å². The number of carbonyl (C=O) groups excluding carboxylic acids is 3. The number of carbonyl (C=O) groups is 3. The number of benzene rings is 1. The lowest BCUT2D eigenvalue weighted by Crippen LogP contribution is -2.21. The molecule has 0 unspecified atom stereocenters. The predicted molar refractivity (Wildman–Crippen MR) is 107 cm³/mol. The van der Waals surface area contributed by atoms with E-state index in [2.05, 4.69) is 0 Å². The van der Waals surface area contributed by atoms with E-state index in [1.54, 1.807) is 20.8 Å². The minimum absolute atomic E-state index is 0.0630. The number of rotatable bonds is 9. The number of hydrogen-bond acceptors (Lipinski definition) is 7. The van der Waals surface area contributed by atoms with E-state index in [1.165, 1.54) is 19.1 Å². The third-order valence-electron chi connectivity index (χ3n) is 4.44. The van der Waals surface area contributed by atoms with Gasteiger partial charge in [-0.15, -0.1) is 0 Å². The summed E-state index contributed by atoms with van der Waals surface area (Å²) in [5.41, 5.74) is -0.0861. The first-order chi connectivity index (χ1) is 13.5. The molecule has 1 aliphatic carbocycles. The molecule has 8 heteroatoms. The second-order valence-corrected chi connectivity index (χ2v) is 9.28. The Morgan fingerprint density at radius 1 is 1.21 bits per heavy atom. The molecule has 0 aromatic heterocycles. The van der Waals surface area contributed by atoms with Crippen molar-refractivity contribution >= 4 is 27.4 Å². The SMILES string of the molecule is CCO/C=C(\C(=O)c1ccc(S(C)(=O)=O)c(C(=O)OC(C)C)c1C)C(=O)C1CC1. The van der Waals surface area contributed by atoms with Gasteiger partial charge in [-0.05, 0) is 58.2 Å². The molecule has 0 amide bonds. The van der Waals surface area contributed by atoms with Crippen molar-refractivity contribution in [3.8, 4) is 0 Å². The van der Waals surface area contributed by atoms with Crippen LogP contribution in [0.25, 0.3) is 0 Å². The van der Waals surface area contributed by atoms with Gasteiger partial charge in [0.25, 0.3) is 0 Å². The van der Waals surface area contributed by atoms with Gasteiger partial charge in [0.05, 0.1) is 29.4 Å². The van der Waals surface area contributed by atoms with E-state index in [4.69, 9.17) is 9.47 Å². The monoisotopic (exact) mass is 422 g/mol.